The van der Waals surface area contributed by atoms with Gasteiger partial charge in [0.15, 0.2) is 0 Å². The number of hydrogen-bond donors (Lipinski definition) is 4. The van der Waals surface area contributed by atoms with Gasteiger partial charge in [0.25, 0.3) is 0 Å². The van der Waals surface area contributed by atoms with Gasteiger partial charge < -0.3 is 29.9 Å². The van der Waals surface area contributed by atoms with E-state index < -0.39 is 37.1 Å². The minimum atomic E-state index is -1.41. The Kier molecular flexibility index (Phi) is 6.99. The van der Waals surface area contributed by atoms with Crippen molar-refractivity contribution < 1.29 is 29.9 Å². The third kappa shape index (κ3) is 4.97. The lowest BCUT2D eigenvalue weighted by molar-refractivity contribution is -0.231. The van der Waals surface area contributed by atoms with Crippen molar-refractivity contribution >= 4 is 13.3 Å². The molecule has 4 N–H and O–H groups in total. The molecule has 4 rings (SSSR count). The Morgan fingerprint density at radius 2 is 1.65 bits per heavy atom. The van der Waals surface area contributed by atoms with E-state index in [4.69, 9.17) is 17.3 Å². The highest BCUT2D eigenvalue weighted by atomic mass is 16.5. The van der Waals surface area contributed by atoms with Gasteiger partial charge in [-0.05, 0) is 55.4 Å². The lowest BCUT2D eigenvalue weighted by atomic mass is 9.84. The van der Waals surface area contributed by atoms with Crippen molar-refractivity contribution in [2.45, 2.75) is 68.7 Å². The fraction of sp³-hybridized carbons (Fsp3) is 0.500. The first-order valence-electron chi connectivity index (χ1n) is 10.9. The molecule has 1 heterocycles. The predicted molar refractivity (Wildman–Crippen MR) is 117 cm³/mol. The first-order chi connectivity index (χ1) is 15.0. The van der Waals surface area contributed by atoms with Crippen LogP contribution in [0.1, 0.15) is 48.5 Å². The second-order valence-electron chi connectivity index (χ2n) is 8.55. The molecule has 1 aliphatic heterocycles. The number of aliphatic hydroxyl groups is 4. The molecular formula is C24H29BO6. The van der Waals surface area contributed by atoms with E-state index in [1.165, 1.54) is 12.8 Å². The number of hydrogen-bond acceptors (Lipinski definition) is 6. The average molecular weight is 424 g/mol. The lowest BCUT2D eigenvalue weighted by Gasteiger charge is -2.40. The molecule has 31 heavy (non-hydrogen) atoms. The van der Waals surface area contributed by atoms with Gasteiger partial charge in [-0.25, -0.2) is 0 Å². The Balaban J connectivity index is 1.49. The summed E-state index contributed by atoms with van der Waals surface area (Å²) >= 11 is 0. The predicted octanol–water partition coefficient (Wildman–Crippen LogP) is 0.907. The molecule has 0 spiro atoms. The van der Waals surface area contributed by atoms with Crippen molar-refractivity contribution in [1.29, 1.82) is 0 Å². The van der Waals surface area contributed by atoms with Crippen LogP contribution >= 0.6 is 0 Å². The van der Waals surface area contributed by atoms with E-state index in [-0.39, 0.29) is 0 Å². The van der Waals surface area contributed by atoms with Crippen LogP contribution in [0.3, 0.4) is 0 Å². The molecule has 1 aliphatic carbocycles. The zero-order chi connectivity index (χ0) is 22.0. The van der Waals surface area contributed by atoms with E-state index in [1.807, 2.05) is 30.3 Å². The van der Waals surface area contributed by atoms with Crippen LogP contribution in [0.5, 0.6) is 5.75 Å². The Bertz CT molecular complexity index is 865. The molecule has 164 valence electrons. The highest BCUT2D eigenvalue weighted by Crippen LogP contribution is 2.33. The van der Waals surface area contributed by atoms with Crippen molar-refractivity contribution in [1.82, 2.24) is 0 Å². The van der Waals surface area contributed by atoms with Gasteiger partial charge in [0.05, 0.1) is 12.7 Å². The summed E-state index contributed by atoms with van der Waals surface area (Å²) in [5.41, 5.74) is 3.16. The van der Waals surface area contributed by atoms with Crippen LogP contribution in [-0.2, 0) is 11.2 Å². The minimum absolute atomic E-state index is 0.316. The summed E-state index contributed by atoms with van der Waals surface area (Å²) in [7, 11) is 6.19. The smallest absolute Gasteiger partial charge is 0.119 e. The third-order valence-corrected chi connectivity index (χ3v) is 6.31. The summed E-state index contributed by atoms with van der Waals surface area (Å²) in [4.78, 5) is 0. The number of benzene rings is 2. The maximum absolute atomic E-state index is 10.4. The van der Waals surface area contributed by atoms with Crippen molar-refractivity contribution in [3.8, 4) is 5.75 Å². The Labute approximate surface area is 183 Å². The molecule has 2 aromatic carbocycles. The van der Waals surface area contributed by atoms with Crippen molar-refractivity contribution in [3.63, 3.8) is 0 Å². The van der Waals surface area contributed by atoms with E-state index in [9.17, 15) is 20.4 Å². The quantitative estimate of drug-likeness (QED) is 0.515. The van der Waals surface area contributed by atoms with Crippen LogP contribution in [0.2, 0.25) is 0 Å². The second kappa shape index (κ2) is 9.71. The molecule has 7 heteroatoms. The molecule has 6 nitrogen and oxygen atoms in total. The zero-order valence-corrected chi connectivity index (χ0v) is 17.4. The minimum Gasteiger partial charge on any atom is -0.490 e. The fourth-order valence-electron chi connectivity index (χ4n) is 4.44. The van der Waals surface area contributed by atoms with Crippen molar-refractivity contribution in [2.24, 2.45) is 0 Å². The number of rotatable bonds is 6. The molecule has 5 atom stereocenters. The molecule has 2 fully saturated rings. The first-order valence-corrected chi connectivity index (χ1v) is 10.9. The van der Waals surface area contributed by atoms with Crippen LogP contribution in [0.4, 0.5) is 0 Å². The molecule has 2 aromatic rings. The largest absolute Gasteiger partial charge is 0.490 e. The summed E-state index contributed by atoms with van der Waals surface area (Å²) in [6.45, 7) is -0.460. The summed E-state index contributed by atoms with van der Waals surface area (Å²) in [6, 6.07) is 13.3. The topological polar surface area (TPSA) is 99.4 Å². The van der Waals surface area contributed by atoms with E-state index in [2.05, 4.69) is 0 Å². The van der Waals surface area contributed by atoms with Crippen LogP contribution in [0.15, 0.2) is 42.5 Å². The van der Waals surface area contributed by atoms with E-state index in [1.54, 1.807) is 12.1 Å². The van der Waals surface area contributed by atoms with Gasteiger partial charge in [0.2, 0.25) is 0 Å². The van der Waals surface area contributed by atoms with Gasteiger partial charge in [0.1, 0.15) is 44.1 Å². The highest BCUT2D eigenvalue weighted by molar-refractivity contribution is 6.33. The normalized spacial score (nSPS) is 29.2. The molecular weight excluding hydrogens is 395 g/mol. The summed E-state index contributed by atoms with van der Waals surface area (Å²) in [5, 5.41) is 39.9. The fourth-order valence-corrected chi connectivity index (χ4v) is 4.44. The first kappa shape index (κ1) is 22.3. The van der Waals surface area contributed by atoms with Gasteiger partial charge in [-0.2, -0.15) is 0 Å². The molecule has 0 amide bonds. The lowest BCUT2D eigenvalue weighted by Crippen LogP contribution is -2.55. The van der Waals surface area contributed by atoms with E-state index in [0.29, 0.717) is 23.6 Å². The maximum Gasteiger partial charge on any atom is 0.119 e. The monoisotopic (exact) mass is 424 g/mol. The Morgan fingerprint density at radius 1 is 0.935 bits per heavy atom. The van der Waals surface area contributed by atoms with Gasteiger partial charge >= 0.3 is 0 Å². The third-order valence-electron chi connectivity index (χ3n) is 6.31. The van der Waals surface area contributed by atoms with Gasteiger partial charge in [0, 0.05) is 0 Å². The molecule has 0 aromatic heterocycles. The second-order valence-corrected chi connectivity index (χ2v) is 8.55. The average Bonchev–Trinajstić information content (AvgIpc) is 3.28. The highest BCUT2D eigenvalue weighted by Gasteiger charge is 2.43. The molecule has 0 unspecified atom stereocenters. The van der Waals surface area contributed by atoms with E-state index in [0.717, 1.165) is 29.7 Å². The number of aliphatic hydroxyl groups excluding tert-OH is 4. The molecule has 2 radical (unpaired) electrons. The molecule has 0 bridgehead atoms. The Hall–Kier alpha value is -1.90. The maximum atomic E-state index is 10.4. The van der Waals surface area contributed by atoms with Crippen molar-refractivity contribution in [2.75, 3.05) is 6.61 Å². The molecule has 1 saturated heterocycles. The SMILES string of the molecule is [B]c1ccc([C@@H]2O[C@H](CO)[C@@H](O)[C@H](O)[C@H]2O)cc1Cc1ccc(OC2CCCC2)cc1. The molecule has 2 aliphatic rings. The summed E-state index contributed by atoms with van der Waals surface area (Å²) in [5.74, 6) is 0.874. The van der Waals surface area contributed by atoms with Gasteiger partial charge in [-0.1, -0.05) is 41.4 Å². The Morgan fingerprint density at radius 3 is 2.32 bits per heavy atom. The summed E-state index contributed by atoms with van der Waals surface area (Å²) in [6.07, 6.45) is -0.349. The van der Waals surface area contributed by atoms with Crippen LogP contribution in [-0.4, -0.2) is 65.4 Å². The van der Waals surface area contributed by atoms with Crippen LogP contribution < -0.4 is 10.2 Å². The standard InChI is InChI=1S/C24H29BO6/c25-19-10-7-15(24-23(29)22(28)21(27)20(13-26)31-24)12-16(19)11-14-5-8-18(9-6-14)30-17-3-1-2-4-17/h5-10,12,17,20-24,26-29H,1-4,11,13H2/t20-,21-,22+,23-,24+/m1/s1. The zero-order valence-electron chi connectivity index (χ0n) is 17.4. The van der Waals surface area contributed by atoms with Gasteiger partial charge in [-0.3, -0.25) is 0 Å². The number of ether oxygens (including phenoxy) is 2. The van der Waals surface area contributed by atoms with Gasteiger partial charge in [-0.15, -0.1) is 0 Å². The molecule has 1 saturated carbocycles. The van der Waals surface area contributed by atoms with Crippen LogP contribution in [0.25, 0.3) is 0 Å². The van der Waals surface area contributed by atoms with Crippen molar-refractivity contribution in [3.05, 3.63) is 59.2 Å². The van der Waals surface area contributed by atoms with Crippen LogP contribution in [0, 0.1) is 0 Å². The van der Waals surface area contributed by atoms with E-state index >= 15 is 0 Å². The summed E-state index contributed by atoms with van der Waals surface area (Å²) < 4.78 is 11.7.